The van der Waals surface area contributed by atoms with E-state index < -0.39 is 5.92 Å². The SMILES string of the molecule is Cc1ccc(C(C#N)C(=O)c2ccccc2C)cc1. The van der Waals surface area contributed by atoms with E-state index in [4.69, 9.17) is 0 Å². The molecule has 2 nitrogen and oxygen atoms in total. The van der Waals surface area contributed by atoms with Gasteiger partial charge in [0.2, 0.25) is 0 Å². The summed E-state index contributed by atoms with van der Waals surface area (Å²) >= 11 is 0. The molecule has 0 spiro atoms. The minimum atomic E-state index is -0.735. The van der Waals surface area contributed by atoms with Crippen LogP contribution in [0.1, 0.15) is 33.0 Å². The molecule has 0 aliphatic carbocycles. The van der Waals surface area contributed by atoms with Gasteiger partial charge in [0.25, 0.3) is 0 Å². The molecule has 0 aromatic heterocycles. The highest BCUT2D eigenvalue weighted by Gasteiger charge is 2.22. The van der Waals surface area contributed by atoms with Crippen LogP contribution in [-0.2, 0) is 0 Å². The maximum atomic E-state index is 12.5. The van der Waals surface area contributed by atoms with Crippen LogP contribution in [0.3, 0.4) is 0 Å². The molecule has 0 saturated carbocycles. The maximum absolute atomic E-state index is 12.5. The van der Waals surface area contributed by atoms with Crippen LogP contribution in [0.25, 0.3) is 0 Å². The van der Waals surface area contributed by atoms with Crippen LogP contribution in [0, 0.1) is 25.2 Å². The van der Waals surface area contributed by atoms with E-state index in [-0.39, 0.29) is 5.78 Å². The van der Waals surface area contributed by atoms with Crippen LogP contribution in [-0.4, -0.2) is 5.78 Å². The summed E-state index contributed by atoms with van der Waals surface area (Å²) in [5, 5.41) is 9.30. The molecule has 19 heavy (non-hydrogen) atoms. The molecule has 2 rings (SSSR count). The summed E-state index contributed by atoms with van der Waals surface area (Å²) in [4.78, 5) is 12.5. The van der Waals surface area contributed by atoms with Crippen LogP contribution < -0.4 is 0 Å². The van der Waals surface area contributed by atoms with Crippen LogP contribution in [0.4, 0.5) is 0 Å². The van der Waals surface area contributed by atoms with Gasteiger partial charge in [-0.05, 0) is 25.0 Å². The molecule has 0 fully saturated rings. The molecule has 0 aliphatic heterocycles. The number of carbonyl (C=O) groups excluding carboxylic acids is 1. The van der Waals surface area contributed by atoms with Crippen molar-refractivity contribution in [1.29, 1.82) is 5.26 Å². The van der Waals surface area contributed by atoms with Gasteiger partial charge in [0, 0.05) is 5.56 Å². The number of hydrogen-bond donors (Lipinski definition) is 0. The number of nitriles is 1. The Labute approximate surface area is 113 Å². The van der Waals surface area contributed by atoms with E-state index in [1.807, 2.05) is 56.3 Å². The molecule has 0 saturated heterocycles. The third kappa shape index (κ3) is 2.71. The quantitative estimate of drug-likeness (QED) is 0.776. The Morgan fingerprint density at radius 3 is 2.26 bits per heavy atom. The number of hydrogen-bond acceptors (Lipinski definition) is 2. The Hall–Kier alpha value is -2.40. The third-order valence-corrected chi connectivity index (χ3v) is 3.21. The summed E-state index contributed by atoms with van der Waals surface area (Å²) in [6.07, 6.45) is 0. The number of Topliss-reactive ketones (excluding diaryl/α,β-unsaturated/α-hetero) is 1. The molecule has 2 aromatic rings. The smallest absolute Gasteiger partial charge is 0.184 e. The topological polar surface area (TPSA) is 40.9 Å². The number of rotatable bonds is 3. The zero-order valence-electron chi connectivity index (χ0n) is 11.1. The molecule has 0 amide bonds. The Morgan fingerprint density at radius 2 is 1.68 bits per heavy atom. The second-order valence-corrected chi connectivity index (χ2v) is 4.65. The summed E-state index contributed by atoms with van der Waals surface area (Å²) < 4.78 is 0. The lowest BCUT2D eigenvalue weighted by molar-refractivity contribution is 0.0978. The molecule has 1 atom stereocenters. The van der Waals surface area contributed by atoms with Crippen molar-refractivity contribution in [2.24, 2.45) is 0 Å². The molecule has 0 bridgehead atoms. The number of nitrogens with zero attached hydrogens (tertiary/aromatic N) is 1. The van der Waals surface area contributed by atoms with Crippen LogP contribution in [0.2, 0.25) is 0 Å². The zero-order chi connectivity index (χ0) is 13.8. The van der Waals surface area contributed by atoms with E-state index in [0.29, 0.717) is 5.56 Å². The fourth-order valence-corrected chi connectivity index (χ4v) is 2.05. The Kier molecular flexibility index (Phi) is 3.77. The molecule has 2 aromatic carbocycles. The first-order chi connectivity index (χ1) is 9.13. The molecule has 0 N–H and O–H groups in total. The van der Waals surface area contributed by atoms with E-state index in [1.54, 1.807) is 6.07 Å². The zero-order valence-corrected chi connectivity index (χ0v) is 11.1. The summed E-state index contributed by atoms with van der Waals surface area (Å²) in [5.74, 6) is -0.869. The monoisotopic (exact) mass is 249 g/mol. The van der Waals surface area contributed by atoms with Gasteiger partial charge in [-0.25, -0.2) is 0 Å². The van der Waals surface area contributed by atoms with Gasteiger partial charge in [0.1, 0.15) is 5.92 Å². The van der Waals surface area contributed by atoms with Crippen molar-refractivity contribution in [3.05, 3.63) is 70.8 Å². The fraction of sp³-hybridized carbons (Fsp3) is 0.176. The molecule has 94 valence electrons. The lowest BCUT2D eigenvalue weighted by atomic mass is 9.89. The van der Waals surface area contributed by atoms with Crippen molar-refractivity contribution in [2.75, 3.05) is 0 Å². The third-order valence-electron chi connectivity index (χ3n) is 3.21. The van der Waals surface area contributed by atoms with Gasteiger partial charge in [-0.3, -0.25) is 4.79 Å². The van der Waals surface area contributed by atoms with E-state index in [9.17, 15) is 10.1 Å². The molecule has 0 heterocycles. The van der Waals surface area contributed by atoms with E-state index in [0.717, 1.165) is 16.7 Å². The average molecular weight is 249 g/mol. The minimum absolute atomic E-state index is 0.135. The average Bonchev–Trinajstić information content (AvgIpc) is 2.42. The summed E-state index contributed by atoms with van der Waals surface area (Å²) in [6, 6.07) is 17.0. The van der Waals surface area contributed by atoms with Gasteiger partial charge in [0.15, 0.2) is 5.78 Å². The minimum Gasteiger partial charge on any atom is -0.292 e. The molecular weight excluding hydrogens is 234 g/mol. The second-order valence-electron chi connectivity index (χ2n) is 4.65. The number of benzene rings is 2. The van der Waals surface area contributed by atoms with Crippen molar-refractivity contribution >= 4 is 5.78 Å². The van der Waals surface area contributed by atoms with E-state index in [1.165, 1.54) is 0 Å². The largest absolute Gasteiger partial charge is 0.292 e. The first kappa shape index (κ1) is 13.0. The normalized spacial score (nSPS) is 11.6. The predicted molar refractivity (Wildman–Crippen MR) is 75.0 cm³/mol. The van der Waals surface area contributed by atoms with Gasteiger partial charge in [0.05, 0.1) is 6.07 Å². The van der Waals surface area contributed by atoms with Gasteiger partial charge in [-0.1, -0.05) is 54.1 Å². The number of aryl methyl sites for hydroxylation is 2. The summed E-state index contributed by atoms with van der Waals surface area (Å²) in [7, 11) is 0. The van der Waals surface area contributed by atoms with Crippen molar-refractivity contribution in [1.82, 2.24) is 0 Å². The molecular formula is C17H15NO. The van der Waals surface area contributed by atoms with Crippen LogP contribution in [0.15, 0.2) is 48.5 Å². The van der Waals surface area contributed by atoms with Gasteiger partial charge in [-0.15, -0.1) is 0 Å². The van der Waals surface area contributed by atoms with Crippen LogP contribution in [0.5, 0.6) is 0 Å². The molecule has 0 radical (unpaired) electrons. The van der Waals surface area contributed by atoms with Gasteiger partial charge >= 0.3 is 0 Å². The van der Waals surface area contributed by atoms with Crippen molar-refractivity contribution in [2.45, 2.75) is 19.8 Å². The summed E-state index contributed by atoms with van der Waals surface area (Å²) in [6.45, 7) is 3.87. The number of ketones is 1. The van der Waals surface area contributed by atoms with E-state index in [2.05, 4.69) is 6.07 Å². The summed E-state index contributed by atoms with van der Waals surface area (Å²) in [5.41, 5.74) is 3.39. The lowest BCUT2D eigenvalue weighted by Gasteiger charge is -2.10. The fourth-order valence-electron chi connectivity index (χ4n) is 2.05. The van der Waals surface area contributed by atoms with Crippen LogP contribution >= 0.6 is 0 Å². The highest BCUT2D eigenvalue weighted by molar-refractivity contribution is 6.03. The maximum Gasteiger partial charge on any atom is 0.184 e. The lowest BCUT2D eigenvalue weighted by Crippen LogP contribution is -2.12. The first-order valence-corrected chi connectivity index (χ1v) is 6.19. The highest BCUT2D eigenvalue weighted by Crippen LogP contribution is 2.22. The predicted octanol–water partition coefficient (Wildman–Crippen LogP) is 3.79. The Bertz CT molecular complexity index is 635. The van der Waals surface area contributed by atoms with Gasteiger partial charge in [-0.2, -0.15) is 5.26 Å². The first-order valence-electron chi connectivity index (χ1n) is 6.19. The Morgan fingerprint density at radius 1 is 1.05 bits per heavy atom. The number of carbonyl (C=O) groups is 1. The molecule has 2 heteroatoms. The van der Waals surface area contributed by atoms with Crippen molar-refractivity contribution in [3.63, 3.8) is 0 Å². The molecule has 0 aliphatic rings. The highest BCUT2D eigenvalue weighted by atomic mass is 16.1. The van der Waals surface area contributed by atoms with E-state index >= 15 is 0 Å². The van der Waals surface area contributed by atoms with Crippen molar-refractivity contribution in [3.8, 4) is 6.07 Å². The Balaban J connectivity index is 2.38. The standard InChI is InChI=1S/C17H15NO/c1-12-7-9-14(10-8-12)16(11-18)17(19)15-6-4-3-5-13(15)2/h3-10,16H,1-2H3. The molecule has 1 unspecified atom stereocenters. The van der Waals surface area contributed by atoms with Gasteiger partial charge < -0.3 is 0 Å². The second kappa shape index (κ2) is 5.49. The van der Waals surface area contributed by atoms with Crippen molar-refractivity contribution < 1.29 is 4.79 Å².